The molecule has 1 aliphatic rings. The van der Waals surface area contributed by atoms with Crippen molar-refractivity contribution in [1.29, 1.82) is 5.26 Å². The molecule has 0 radical (unpaired) electrons. The third-order valence-electron chi connectivity index (χ3n) is 5.71. The number of carbonyl (C=O) groups is 2. The molecular formula is C29H30N2O5S. The van der Waals surface area contributed by atoms with Gasteiger partial charge in [-0.25, -0.2) is 9.59 Å². The van der Waals surface area contributed by atoms with Crippen molar-refractivity contribution in [2.75, 3.05) is 19.7 Å². The first-order chi connectivity index (χ1) is 17.6. The van der Waals surface area contributed by atoms with E-state index in [2.05, 4.69) is 6.07 Å². The van der Waals surface area contributed by atoms with Gasteiger partial charge >= 0.3 is 12.1 Å². The number of thiophene rings is 1. The molecule has 3 aromatic rings. The minimum absolute atomic E-state index is 0.129. The number of rotatable bonds is 6. The van der Waals surface area contributed by atoms with E-state index < -0.39 is 11.6 Å². The van der Waals surface area contributed by atoms with E-state index in [-0.39, 0.29) is 18.8 Å². The van der Waals surface area contributed by atoms with Crippen LogP contribution in [0.4, 0.5) is 4.79 Å². The Kier molecular flexibility index (Phi) is 7.84. The lowest BCUT2D eigenvalue weighted by Crippen LogP contribution is -2.36. The van der Waals surface area contributed by atoms with Gasteiger partial charge in [0, 0.05) is 22.5 Å². The summed E-state index contributed by atoms with van der Waals surface area (Å²) in [7, 11) is 0. The maximum Gasteiger partial charge on any atom is 0.410 e. The Morgan fingerprint density at radius 1 is 1.16 bits per heavy atom. The van der Waals surface area contributed by atoms with Crippen LogP contribution in [0.25, 0.3) is 21.7 Å². The molecule has 7 nitrogen and oxygen atoms in total. The van der Waals surface area contributed by atoms with E-state index in [0.717, 1.165) is 15.0 Å². The molecule has 2 heterocycles. The van der Waals surface area contributed by atoms with Gasteiger partial charge in [0.2, 0.25) is 0 Å². The van der Waals surface area contributed by atoms with Gasteiger partial charge in [0.25, 0.3) is 0 Å². The molecule has 1 aromatic heterocycles. The first-order valence-corrected chi connectivity index (χ1v) is 13.0. The summed E-state index contributed by atoms with van der Waals surface area (Å²) in [5.74, 6) is 0.254. The summed E-state index contributed by atoms with van der Waals surface area (Å²) in [6, 6.07) is 17.0. The van der Waals surface area contributed by atoms with Crippen molar-refractivity contribution in [2.45, 2.75) is 45.8 Å². The third kappa shape index (κ3) is 6.69. The third-order valence-corrected chi connectivity index (χ3v) is 6.77. The second-order valence-corrected chi connectivity index (χ2v) is 10.9. The summed E-state index contributed by atoms with van der Waals surface area (Å²) in [5.41, 5.74) is 1.21. The number of nitrogens with zero attached hydrogens (tertiary/aromatic N) is 2. The van der Waals surface area contributed by atoms with Crippen LogP contribution >= 0.6 is 11.3 Å². The molecule has 1 fully saturated rings. The normalized spacial score (nSPS) is 15.9. The van der Waals surface area contributed by atoms with Gasteiger partial charge in [-0.1, -0.05) is 12.1 Å². The molecule has 1 saturated heterocycles. The number of benzene rings is 2. The van der Waals surface area contributed by atoms with E-state index in [1.807, 2.05) is 69.3 Å². The number of hydrogen-bond acceptors (Lipinski definition) is 7. The molecule has 0 saturated carbocycles. The highest BCUT2D eigenvalue weighted by atomic mass is 32.1. The number of amides is 1. The maximum atomic E-state index is 12.8. The SMILES string of the molecule is CCOC(=O)/C(=C\c1cc2cc(C#N)ccc2s1)c1ccc(O[C@H]2CCN(C(=O)OC(C)(C)C)C2)cc1. The van der Waals surface area contributed by atoms with E-state index in [1.54, 1.807) is 29.2 Å². The summed E-state index contributed by atoms with van der Waals surface area (Å²) in [6.07, 6.45) is 2.08. The van der Waals surface area contributed by atoms with Crippen molar-refractivity contribution in [3.63, 3.8) is 0 Å². The van der Waals surface area contributed by atoms with E-state index in [4.69, 9.17) is 19.5 Å². The van der Waals surface area contributed by atoms with Crippen molar-refractivity contribution in [3.05, 3.63) is 64.5 Å². The van der Waals surface area contributed by atoms with Crippen molar-refractivity contribution in [1.82, 2.24) is 4.90 Å². The van der Waals surface area contributed by atoms with Gasteiger partial charge in [-0.05, 0) is 81.1 Å². The Morgan fingerprint density at radius 3 is 2.59 bits per heavy atom. The number of ether oxygens (including phenoxy) is 3. The molecule has 0 N–H and O–H groups in total. The van der Waals surface area contributed by atoms with Crippen molar-refractivity contribution < 1.29 is 23.8 Å². The van der Waals surface area contributed by atoms with Gasteiger partial charge in [0.1, 0.15) is 17.5 Å². The van der Waals surface area contributed by atoms with E-state index in [0.29, 0.717) is 42.0 Å². The molecule has 2 aromatic carbocycles. The van der Waals surface area contributed by atoms with E-state index >= 15 is 0 Å². The Balaban J connectivity index is 1.49. The molecular weight excluding hydrogens is 488 g/mol. The zero-order valence-electron chi connectivity index (χ0n) is 21.4. The molecule has 37 heavy (non-hydrogen) atoms. The highest BCUT2D eigenvalue weighted by Gasteiger charge is 2.31. The second kappa shape index (κ2) is 11.1. The number of fused-ring (bicyclic) bond motifs is 1. The zero-order valence-corrected chi connectivity index (χ0v) is 22.3. The smallest absolute Gasteiger partial charge is 0.410 e. The fourth-order valence-electron chi connectivity index (χ4n) is 4.04. The van der Waals surface area contributed by atoms with Crippen LogP contribution in [-0.4, -0.2) is 48.4 Å². The van der Waals surface area contributed by atoms with Crippen LogP contribution in [0.3, 0.4) is 0 Å². The number of carbonyl (C=O) groups excluding carboxylic acids is 2. The van der Waals surface area contributed by atoms with Gasteiger partial charge in [-0.15, -0.1) is 11.3 Å². The van der Waals surface area contributed by atoms with Crippen LogP contribution in [0.2, 0.25) is 0 Å². The average molecular weight is 519 g/mol. The highest BCUT2D eigenvalue weighted by Crippen LogP contribution is 2.31. The Labute approximate surface area is 220 Å². The lowest BCUT2D eigenvalue weighted by atomic mass is 10.0. The fourth-order valence-corrected chi connectivity index (χ4v) is 5.03. The number of nitriles is 1. The zero-order chi connectivity index (χ0) is 26.6. The first-order valence-electron chi connectivity index (χ1n) is 12.2. The Bertz CT molecular complexity index is 1360. The van der Waals surface area contributed by atoms with Crippen LogP contribution < -0.4 is 4.74 Å². The largest absolute Gasteiger partial charge is 0.489 e. The van der Waals surface area contributed by atoms with Crippen molar-refractivity contribution >= 4 is 45.1 Å². The number of hydrogen-bond donors (Lipinski definition) is 0. The Hall–Kier alpha value is -3.83. The Morgan fingerprint density at radius 2 is 1.92 bits per heavy atom. The molecule has 0 unspecified atom stereocenters. The van der Waals surface area contributed by atoms with Crippen LogP contribution in [0.5, 0.6) is 5.75 Å². The first kappa shape index (κ1) is 26.2. The highest BCUT2D eigenvalue weighted by molar-refractivity contribution is 7.19. The fraction of sp³-hybridized carbons (Fsp3) is 0.345. The van der Waals surface area contributed by atoms with Gasteiger partial charge in [-0.2, -0.15) is 5.26 Å². The quantitative estimate of drug-likeness (QED) is 0.282. The van der Waals surface area contributed by atoms with E-state index in [9.17, 15) is 9.59 Å². The predicted octanol–water partition coefficient (Wildman–Crippen LogP) is 6.26. The molecule has 0 spiro atoms. The minimum Gasteiger partial charge on any atom is -0.489 e. The average Bonchev–Trinajstić information content (AvgIpc) is 3.48. The lowest BCUT2D eigenvalue weighted by molar-refractivity contribution is -0.136. The maximum absolute atomic E-state index is 12.8. The summed E-state index contributed by atoms with van der Waals surface area (Å²) >= 11 is 1.54. The van der Waals surface area contributed by atoms with E-state index in [1.165, 1.54) is 0 Å². The molecule has 4 rings (SSSR count). The van der Waals surface area contributed by atoms with Gasteiger partial charge in [0.05, 0.1) is 30.4 Å². The molecule has 8 heteroatoms. The van der Waals surface area contributed by atoms with Crippen molar-refractivity contribution in [3.8, 4) is 11.8 Å². The molecule has 1 amide bonds. The monoisotopic (exact) mass is 518 g/mol. The number of esters is 1. The predicted molar refractivity (Wildman–Crippen MR) is 144 cm³/mol. The lowest BCUT2D eigenvalue weighted by Gasteiger charge is -2.24. The van der Waals surface area contributed by atoms with Crippen LogP contribution in [0.15, 0.2) is 48.5 Å². The van der Waals surface area contributed by atoms with Gasteiger partial charge in [-0.3, -0.25) is 0 Å². The summed E-state index contributed by atoms with van der Waals surface area (Å²) in [4.78, 5) is 27.7. The standard InChI is InChI=1S/C29H30N2O5S/c1-5-34-27(32)25(16-24-15-21-14-19(17-30)6-11-26(21)37-24)20-7-9-22(10-8-20)35-23-12-13-31(18-23)28(33)36-29(2,3)4/h6-11,14-16,23H,5,12-13,18H2,1-4H3/b25-16-/t23-/m0/s1. The summed E-state index contributed by atoms with van der Waals surface area (Å²) in [5, 5.41) is 10.1. The molecule has 0 aliphatic carbocycles. The topological polar surface area (TPSA) is 88.9 Å². The van der Waals surface area contributed by atoms with Crippen LogP contribution in [-0.2, 0) is 14.3 Å². The molecule has 1 atom stereocenters. The molecule has 192 valence electrons. The summed E-state index contributed by atoms with van der Waals surface area (Å²) in [6.45, 7) is 8.63. The molecule has 0 bridgehead atoms. The number of likely N-dealkylation sites (tertiary alicyclic amines) is 1. The van der Waals surface area contributed by atoms with Gasteiger partial charge in [0.15, 0.2) is 0 Å². The summed E-state index contributed by atoms with van der Waals surface area (Å²) < 4.78 is 17.9. The van der Waals surface area contributed by atoms with Crippen molar-refractivity contribution in [2.24, 2.45) is 0 Å². The molecule has 1 aliphatic heterocycles. The minimum atomic E-state index is -0.536. The van der Waals surface area contributed by atoms with Crippen LogP contribution in [0.1, 0.15) is 50.1 Å². The van der Waals surface area contributed by atoms with Crippen LogP contribution in [0, 0.1) is 11.3 Å². The second-order valence-electron chi connectivity index (χ2n) is 9.77. The van der Waals surface area contributed by atoms with Gasteiger partial charge < -0.3 is 19.1 Å².